The molecule has 2 N–H and O–H groups in total. The van der Waals surface area contributed by atoms with Crippen molar-refractivity contribution in [2.45, 2.75) is 45.1 Å². The van der Waals surface area contributed by atoms with Crippen LogP contribution >= 0.6 is 0 Å². The predicted molar refractivity (Wildman–Crippen MR) is 182 cm³/mol. The number of alkyl halides is 3. The Morgan fingerprint density at radius 1 is 0.922 bits per heavy atom. The molecule has 272 valence electrons. The first-order chi connectivity index (χ1) is 24.3. The number of benzene rings is 3. The highest BCUT2D eigenvalue weighted by Crippen LogP contribution is 2.34. The van der Waals surface area contributed by atoms with Gasteiger partial charge in [0.05, 0.1) is 37.5 Å². The molecule has 0 unspecified atom stereocenters. The van der Waals surface area contributed by atoms with E-state index in [2.05, 4.69) is 5.32 Å². The van der Waals surface area contributed by atoms with Crippen molar-refractivity contribution >= 4 is 17.3 Å². The van der Waals surface area contributed by atoms with Gasteiger partial charge in [-0.2, -0.15) is 13.2 Å². The second-order valence-corrected chi connectivity index (χ2v) is 12.2. The summed E-state index contributed by atoms with van der Waals surface area (Å²) in [5.74, 6) is -2.63. The number of nitrogens with one attached hydrogen (secondary N) is 1. The number of rotatable bonds is 13. The summed E-state index contributed by atoms with van der Waals surface area (Å²) >= 11 is 0. The zero-order valence-corrected chi connectivity index (χ0v) is 28.1. The quantitative estimate of drug-likeness (QED) is 0.144. The summed E-state index contributed by atoms with van der Waals surface area (Å²) in [7, 11) is 1.36. The maximum atomic E-state index is 15.1. The van der Waals surface area contributed by atoms with Crippen molar-refractivity contribution in [2.24, 2.45) is 0 Å². The van der Waals surface area contributed by atoms with Crippen LogP contribution in [-0.4, -0.2) is 60.0 Å². The van der Waals surface area contributed by atoms with E-state index in [0.29, 0.717) is 11.3 Å². The zero-order valence-electron chi connectivity index (χ0n) is 28.1. The normalized spacial score (nSPS) is 14.1. The van der Waals surface area contributed by atoms with E-state index < -0.39 is 58.7 Å². The monoisotopic (exact) mass is 715 g/mol. The highest BCUT2D eigenvalue weighted by molar-refractivity contribution is 5.66. The molecule has 1 aliphatic rings. The Morgan fingerprint density at radius 3 is 2.24 bits per heavy atom. The average Bonchev–Trinajstić information content (AvgIpc) is 3.10. The number of hydrogen-bond donors (Lipinski definition) is 2. The summed E-state index contributed by atoms with van der Waals surface area (Å²) in [6.07, 6.45) is -4.79. The number of nitrogens with zero attached hydrogens (tertiary/aromatic N) is 4. The molecular weight excluding hydrogens is 677 g/mol. The fraction of sp³-hybridized carbons (Fsp3) is 0.361. The molecule has 1 fully saturated rings. The van der Waals surface area contributed by atoms with Crippen LogP contribution in [0, 0.1) is 18.6 Å². The minimum Gasteiger partial charge on any atom is -0.494 e. The molecule has 51 heavy (non-hydrogen) atoms. The highest BCUT2D eigenvalue weighted by atomic mass is 19.4. The summed E-state index contributed by atoms with van der Waals surface area (Å²) < 4.78 is 79.4. The summed E-state index contributed by atoms with van der Waals surface area (Å²) in [4.78, 5) is 43.1. The maximum absolute atomic E-state index is 15.1. The molecule has 0 saturated carbocycles. The lowest BCUT2D eigenvalue weighted by atomic mass is 10.1. The van der Waals surface area contributed by atoms with E-state index in [1.165, 1.54) is 20.1 Å². The van der Waals surface area contributed by atoms with Crippen molar-refractivity contribution in [1.29, 1.82) is 0 Å². The van der Waals surface area contributed by atoms with Crippen molar-refractivity contribution in [3.05, 3.63) is 122 Å². The largest absolute Gasteiger partial charge is 0.494 e. The topological polar surface area (TPSA) is 109 Å². The fourth-order valence-electron chi connectivity index (χ4n) is 6.38. The first-order valence-corrected chi connectivity index (χ1v) is 16.3. The fourth-order valence-corrected chi connectivity index (χ4v) is 6.38. The van der Waals surface area contributed by atoms with Gasteiger partial charge in [-0.05, 0) is 49.7 Å². The van der Waals surface area contributed by atoms with Gasteiger partial charge in [0.2, 0.25) is 0 Å². The van der Waals surface area contributed by atoms with Crippen molar-refractivity contribution in [3.8, 4) is 5.75 Å². The highest BCUT2D eigenvalue weighted by Gasteiger charge is 2.35. The molecule has 0 radical (unpaired) electrons. The van der Waals surface area contributed by atoms with Crippen LogP contribution in [0.4, 0.5) is 33.3 Å². The van der Waals surface area contributed by atoms with E-state index in [9.17, 15) is 27.6 Å². The number of carbonyl (C=O) groups is 1. The first kappa shape index (κ1) is 37.1. The van der Waals surface area contributed by atoms with Crippen molar-refractivity contribution in [2.75, 3.05) is 49.6 Å². The van der Waals surface area contributed by atoms with Crippen LogP contribution in [0.5, 0.6) is 5.75 Å². The Kier molecular flexibility index (Phi) is 11.5. The first-order valence-electron chi connectivity index (χ1n) is 16.3. The molecule has 0 spiro atoms. The lowest BCUT2D eigenvalue weighted by Gasteiger charge is -2.38. The summed E-state index contributed by atoms with van der Waals surface area (Å²) in [6, 6.07) is 15.4. The van der Waals surface area contributed by atoms with E-state index in [1.54, 1.807) is 52.3 Å². The third-order valence-electron chi connectivity index (χ3n) is 9.02. The molecule has 5 rings (SSSR count). The number of carboxylic acid groups (broad SMARTS) is 1. The average molecular weight is 716 g/mol. The number of ether oxygens (including phenoxy) is 1. The molecule has 0 bridgehead atoms. The van der Waals surface area contributed by atoms with Gasteiger partial charge in [-0.15, -0.1) is 0 Å². The third-order valence-corrected chi connectivity index (χ3v) is 9.02. The molecule has 1 aromatic heterocycles. The van der Waals surface area contributed by atoms with Crippen LogP contribution in [0.2, 0.25) is 0 Å². The number of aliphatic carboxylic acids is 1. The number of aromatic nitrogens is 2. The zero-order chi connectivity index (χ0) is 36.9. The van der Waals surface area contributed by atoms with Gasteiger partial charge in [0, 0.05) is 43.9 Å². The van der Waals surface area contributed by atoms with Gasteiger partial charge in [-0.25, -0.2) is 13.6 Å². The number of piperazine rings is 1. The van der Waals surface area contributed by atoms with Gasteiger partial charge in [-0.1, -0.05) is 42.5 Å². The molecule has 0 amide bonds. The predicted octanol–water partition coefficient (Wildman–Crippen LogP) is 5.19. The Morgan fingerprint density at radius 2 is 1.59 bits per heavy atom. The Balaban J connectivity index is 1.59. The van der Waals surface area contributed by atoms with Crippen LogP contribution in [0.15, 0.2) is 76.3 Å². The summed E-state index contributed by atoms with van der Waals surface area (Å²) in [6.45, 7) is 1.47. The molecule has 1 aliphatic heterocycles. The Labute approximate surface area is 290 Å². The van der Waals surface area contributed by atoms with Crippen LogP contribution in [-0.2, 0) is 24.1 Å². The molecule has 10 nitrogen and oxygen atoms in total. The van der Waals surface area contributed by atoms with Crippen LogP contribution in [0.25, 0.3) is 0 Å². The van der Waals surface area contributed by atoms with Gasteiger partial charge >= 0.3 is 17.8 Å². The van der Waals surface area contributed by atoms with Crippen LogP contribution in [0.3, 0.4) is 0 Å². The second kappa shape index (κ2) is 15.8. The molecule has 15 heteroatoms. The minimum atomic E-state index is -4.92. The molecule has 0 aliphatic carbocycles. The molecule has 4 aromatic rings. The number of carboxylic acids is 1. The van der Waals surface area contributed by atoms with Gasteiger partial charge in [0.15, 0.2) is 11.6 Å². The molecule has 2 heterocycles. The van der Waals surface area contributed by atoms with Crippen LogP contribution in [0.1, 0.15) is 41.3 Å². The van der Waals surface area contributed by atoms with Gasteiger partial charge < -0.3 is 25.0 Å². The number of anilines is 2. The molecule has 3 aromatic carbocycles. The van der Waals surface area contributed by atoms with E-state index in [-0.39, 0.29) is 69.2 Å². The lowest BCUT2D eigenvalue weighted by Crippen LogP contribution is -2.52. The molecule has 1 saturated heterocycles. The van der Waals surface area contributed by atoms with Crippen LogP contribution < -0.4 is 31.1 Å². The molecule has 1 atom stereocenters. The lowest BCUT2D eigenvalue weighted by molar-refractivity contribution is -0.138. The van der Waals surface area contributed by atoms with Crippen molar-refractivity contribution in [3.63, 3.8) is 0 Å². The summed E-state index contributed by atoms with van der Waals surface area (Å²) in [5, 5.41) is 12.3. The summed E-state index contributed by atoms with van der Waals surface area (Å²) in [5.41, 5.74) is -2.58. The minimum absolute atomic E-state index is 0.0444. The van der Waals surface area contributed by atoms with E-state index in [0.717, 1.165) is 27.3 Å². The Hall–Kier alpha value is -5.18. The number of halogens is 5. The smallest absolute Gasteiger partial charge is 0.416 e. The van der Waals surface area contributed by atoms with Gasteiger partial charge in [-0.3, -0.25) is 18.7 Å². The Bertz CT molecular complexity index is 1970. The van der Waals surface area contributed by atoms with E-state index in [4.69, 9.17) is 9.84 Å². The van der Waals surface area contributed by atoms with Gasteiger partial charge in [0.25, 0.3) is 5.56 Å². The SMILES string of the molecule is COc1cccc(N2CCN(c3c(C)n(Cc4c(F)cccc4C(F)(F)F)c(=O)n(C[C@H](NCCCC(=O)O)c4ccccc4)c3=O)CC2)c1F. The third kappa shape index (κ3) is 8.25. The second-order valence-electron chi connectivity index (χ2n) is 12.2. The number of hydrogen-bond acceptors (Lipinski definition) is 7. The van der Waals surface area contributed by atoms with Crippen molar-refractivity contribution < 1.29 is 36.6 Å². The van der Waals surface area contributed by atoms with Gasteiger partial charge in [0.1, 0.15) is 11.5 Å². The van der Waals surface area contributed by atoms with E-state index in [1.807, 2.05) is 0 Å². The van der Waals surface area contributed by atoms with E-state index >= 15 is 8.78 Å². The maximum Gasteiger partial charge on any atom is 0.416 e. The standard InChI is InChI=1S/C36H38F5N5O5/c1-23-33(44-19-17-43(18-20-44)29-13-7-14-30(51-2)32(29)38)34(49)46(22-28(24-9-4-3-5-10-24)42-16-8-15-31(47)48)35(50)45(23)21-25-26(36(39,40)41)11-6-12-27(25)37/h3-7,9-14,28,42H,8,15-22H2,1-2H3,(H,47,48)/t28-/m0/s1. The van der Waals surface area contributed by atoms with Crippen molar-refractivity contribution in [1.82, 2.24) is 14.5 Å². The molecular formula is C36H38F5N5O5. The number of methoxy groups -OCH3 is 1.